The Bertz CT molecular complexity index is 383. The number of pyridine rings is 1. The second-order valence-corrected chi connectivity index (χ2v) is 4.47. The summed E-state index contributed by atoms with van der Waals surface area (Å²) in [5, 5.41) is 0. The first-order chi connectivity index (χ1) is 7.22. The molecule has 15 heavy (non-hydrogen) atoms. The molecule has 2 rings (SSSR count). The van der Waals surface area contributed by atoms with Crippen LogP contribution in [0, 0.1) is 5.92 Å². The van der Waals surface area contributed by atoms with Crippen LogP contribution in [0.1, 0.15) is 6.42 Å². The van der Waals surface area contributed by atoms with Crippen LogP contribution in [-0.2, 0) is 4.79 Å². The first-order valence-electron chi connectivity index (χ1n) is 4.83. The summed E-state index contributed by atoms with van der Waals surface area (Å²) in [6, 6.07) is 3.71. The van der Waals surface area contributed by atoms with Gasteiger partial charge in [0.05, 0.1) is 4.47 Å². The lowest BCUT2D eigenvalue weighted by Crippen LogP contribution is -2.26. The molecule has 1 aliphatic rings. The van der Waals surface area contributed by atoms with Gasteiger partial charge in [0, 0.05) is 19.2 Å². The number of amides is 1. The van der Waals surface area contributed by atoms with Crippen LogP contribution < -0.4 is 10.6 Å². The number of anilines is 1. The summed E-state index contributed by atoms with van der Waals surface area (Å²) >= 11 is 3.39. The summed E-state index contributed by atoms with van der Waals surface area (Å²) in [5.41, 5.74) is 5.56. The van der Waals surface area contributed by atoms with Gasteiger partial charge < -0.3 is 5.73 Å². The second kappa shape index (κ2) is 4.28. The molecule has 0 radical (unpaired) electrons. The van der Waals surface area contributed by atoms with Crippen LogP contribution >= 0.6 is 15.9 Å². The molecule has 1 aromatic rings. The van der Waals surface area contributed by atoms with Crippen molar-refractivity contribution in [2.75, 3.05) is 18.0 Å². The fourth-order valence-electron chi connectivity index (χ4n) is 1.72. The third kappa shape index (κ3) is 2.03. The van der Waals surface area contributed by atoms with Gasteiger partial charge in [0.15, 0.2) is 0 Å². The third-order valence-electron chi connectivity index (χ3n) is 2.53. The van der Waals surface area contributed by atoms with Gasteiger partial charge in [-0.25, -0.2) is 4.98 Å². The molecule has 1 atom stereocenters. The van der Waals surface area contributed by atoms with Crippen LogP contribution in [-0.4, -0.2) is 24.0 Å². The molecular formula is C10H12BrN3O. The molecule has 0 aliphatic carbocycles. The van der Waals surface area contributed by atoms with E-state index in [2.05, 4.69) is 20.9 Å². The standard InChI is InChI=1S/C10H12BrN3O/c11-8-2-1-3-13-10(8)14-6-7(5-12)4-9(14)15/h1-3,7H,4-6,12H2. The number of halogens is 1. The molecule has 1 aliphatic heterocycles. The van der Waals surface area contributed by atoms with E-state index in [4.69, 9.17) is 5.73 Å². The second-order valence-electron chi connectivity index (χ2n) is 3.62. The third-order valence-corrected chi connectivity index (χ3v) is 3.15. The molecule has 5 heteroatoms. The summed E-state index contributed by atoms with van der Waals surface area (Å²) in [4.78, 5) is 17.6. The maximum Gasteiger partial charge on any atom is 0.228 e. The Morgan fingerprint density at radius 1 is 1.67 bits per heavy atom. The highest BCUT2D eigenvalue weighted by Gasteiger charge is 2.31. The van der Waals surface area contributed by atoms with Crippen LogP contribution in [0.25, 0.3) is 0 Å². The quantitative estimate of drug-likeness (QED) is 0.877. The lowest BCUT2D eigenvalue weighted by Gasteiger charge is -2.16. The zero-order valence-corrected chi connectivity index (χ0v) is 9.77. The Balaban J connectivity index is 2.25. The Kier molecular flexibility index (Phi) is 3.02. The number of aromatic nitrogens is 1. The maximum absolute atomic E-state index is 11.7. The van der Waals surface area contributed by atoms with Crippen LogP contribution in [0.3, 0.4) is 0 Å². The number of nitrogens with zero attached hydrogens (tertiary/aromatic N) is 2. The van der Waals surface area contributed by atoms with E-state index < -0.39 is 0 Å². The Labute approximate surface area is 96.6 Å². The fourth-order valence-corrected chi connectivity index (χ4v) is 2.19. The molecule has 0 spiro atoms. The van der Waals surface area contributed by atoms with Gasteiger partial charge in [0.1, 0.15) is 5.82 Å². The highest BCUT2D eigenvalue weighted by Crippen LogP contribution is 2.28. The van der Waals surface area contributed by atoms with Crippen molar-refractivity contribution in [3.05, 3.63) is 22.8 Å². The Morgan fingerprint density at radius 3 is 3.07 bits per heavy atom. The minimum absolute atomic E-state index is 0.102. The molecule has 2 N–H and O–H groups in total. The van der Waals surface area contributed by atoms with Crippen LogP contribution in [0.15, 0.2) is 22.8 Å². The van der Waals surface area contributed by atoms with Gasteiger partial charge in [-0.1, -0.05) is 0 Å². The molecule has 1 aromatic heterocycles. The van der Waals surface area contributed by atoms with Gasteiger partial charge in [-0.05, 0) is 40.5 Å². The van der Waals surface area contributed by atoms with Gasteiger partial charge in [-0.15, -0.1) is 0 Å². The highest BCUT2D eigenvalue weighted by molar-refractivity contribution is 9.10. The van der Waals surface area contributed by atoms with E-state index in [9.17, 15) is 4.79 Å². The van der Waals surface area contributed by atoms with Crippen molar-refractivity contribution in [3.8, 4) is 0 Å². The van der Waals surface area contributed by atoms with Crippen molar-refractivity contribution in [1.29, 1.82) is 0 Å². The molecule has 1 saturated heterocycles. The number of hydrogen-bond donors (Lipinski definition) is 1. The molecule has 4 nitrogen and oxygen atoms in total. The number of rotatable bonds is 2. The lowest BCUT2D eigenvalue weighted by atomic mass is 10.1. The Hall–Kier alpha value is -0.940. The summed E-state index contributed by atoms with van der Waals surface area (Å²) in [5.74, 6) is 1.05. The largest absolute Gasteiger partial charge is 0.330 e. The zero-order valence-electron chi connectivity index (χ0n) is 8.19. The van der Waals surface area contributed by atoms with Crippen molar-refractivity contribution in [3.63, 3.8) is 0 Å². The van der Waals surface area contributed by atoms with Gasteiger partial charge in [-0.3, -0.25) is 9.69 Å². The van der Waals surface area contributed by atoms with Gasteiger partial charge in [-0.2, -0.15) is 0 Å². The van der Waals surface area contributed by atoms with E-state index in [-0.39, 0.29) is 11.8 Å². The summed E-state index contributed by atoms with van der Waals surface area (Å²) in [6.45, 7) is 1.22. The molecule has 80 valence electrons. The summed E-state index contributed by atoms with van der Waals surface area (Å²) in [6.07, 6.45) is 2.21. The average Bonchev–Trinajstić information content (AvgIpc) is 2.60. The Morgan fingerprint density at radius 2 is 2.47 bits per heavy atom. The number of carbonyl (C=O) groups is 1. The van der Waals surface area contributed by atoms with Crippen LogP contribution in [0.4, 0.5) is 5.82 Å². The molecule has 0 aromatic carbocycles. The SMILES string of the molecule is NCC1CC(=O)N(c2ncccc2Br)C1. The normalized spacial score (nSPS) is 21.1. The number of hydrogen-bond acceptors (Lipinski definition) is 3. The van der Waals surface area contributed by atoms with E-state index in [1.54, 1.807) is 11.1 Å². The van der Waals surface area contributed by atoms with E-state index >= 15 is 0 Å². The lowest BCUT2D eigenvalue weighted by molar-refractivity contribution is -0.117. The van der Waals surface area contributed by atoms with E-state index in [0.717, 1.165) is 4.47 Å². The average molecular weight is 270 g/mol. The molecule has 1 fully saturated rings. The minimum Gasteiger partial charge on any atom is -0.330 e. The smallest absolute Gasteiger partial charge is 0.228 e. The van der Waals surface area contributed by atoms with Gasteiger partial charge in [0.25, 0.3) is 0 Å². The first kappa shape index (κ1) is 10.6. The topological polar surface area (TPSA) is 59.2 Å². The van der Waals surface area contributed by atoms with Crippen molar-refractivity contribution >= 4 is 27.7 Å². The first-order valence-corrected chi connectivity index (χ1v) is 5.62. The molecule has 1 amide bonds. The van der Waals surface area contributed by atoms with Crippen LogP contribution in [0.5, 0.6) is 0 Å². The van der Waals surface area contributed by atoms with Crippen LogP contribution in [0.2, 0.25) is 0 Å². The van der Waals surface area contributed by atoms with E-state index in [1.165, 1.54) is 0 Å². The van der Waals surface area contributed by atoms with Crippen molar-refractivity contribution in [1.82, 2.24) is 4.98 Å². The summed E-state index contributed by atoms with van der Waals surface area (Å²) < 4.78 is 0.844. The maximum atomic E-state index is 11.7. The minimum atomic E-state index is 0.102. The van der Waals surface area contributed by atoms with Gasteiger partial charge in [0.2, 0.25) is 5.91 Å². The van der Waals surface area contributed by atoms with E-state index in [1.807, 2.05) is 12.1 Å². The number of carbonyl (C=O) groups excluding carboxylic acids is 1. The molecular weight excluding hydrogens is 258 g/mol. The van der Waals surface area contributed by atoms with Crippen molar-refractivity contribution in [2.24, 2.45) is 11.7 Å². The number of nitrogens with two attached hydrogens (primary N) is 1. The predicted molar refractivity (Wildman–Crippen MR) is 61.5 cm³/mol. The molecule has 0 bridgehead atoms. The zero-order chi connectivity index (χ0) is 10.8. The van der Waals surface area contributed by atoms with E-state index in [0.29, 0.717) is 25.3 Å². The fraction of sp³-hybridized carbons (Fsp3) is 0.400. The molecule has 0 saturated carbocycles. The molecule has 2 heterocycles. The van der Waals surface area contributed by atoms with Crippen molar-refractivity contribution < 1.29 is 4.79 Å². The highest BCUT2D eigenvalue weighted by atomic mass is 79.9. The van der Waals surface area contributed by atoms with Gasteiger partial charge >= 0.3 is 0 Å². The van der Waals surface area contributed by atoms with Crippen molar-refractivity contribution in [2.45, 2.75) is 6.42 Å². The summed E-state index contributed by atoms with van der Waals surface area (Å²) in [7, 11) is 0. The predicted octanol–water partition coefficient (Wildman–Crippen LogP) is 1.16. The monoisotopic (exact) mass is 269 g/mol. The molecule has 1 unspecified atom stereocenters.